The Morgan fingerprint density at radius 2 is 1.80 bits per heavy atom. The summed E-state index contributed by atoms with van der Waals surface area (Å²) < 4.78 is 7.41. The van der Waals surface area contributed by atoms with Gasteiger partial charge in [-0.2, -0.15) is 5.10 Å². The fourth-order valence-corrected chi connectivity index (χ4v) is 4.71. The molecule has 0 N–H and O–H groups in total. The molecule has 2 atom stereocenters. The van der Waals surface area contributed by atoms with Gasteiger partial charge in [0, 0.05) is 22.0 Å². The van der Waals surface area contributed by atoms with Gasteiger partial charge in [0.2, 0.25) is 6.23 Å². The number of rotatable bonds is 2. The lowest BCUT2D eigenvalue weighted by molar-refractivity contribution is -0.0195. The SMILES string of the molecule is Brc1ccccc1[C@@H]1Oc2ccccc2[C@@H]2CC(c3cccs3)=NN21. The number of thiophene rings is 1. The number of hydrazone groups is 1. The highest BCUT2D eigenvalue weighted by Crippen LogP contribution is 2.48. The predicted molar refractivity (Wildman–Crippen MR) is 104 cm³/mol. The van der Waals surface area contributed by atoms with E-state index < -0.39 is 0 Å². The van der Waals surface area contributed by atoms with Crippen LogP contribution in [0.25, 0.3) is 0 Å². The van der Waals surface area contributed by atoms with Crippen LogP contribution in [0.4, 0.5) is 0 Å². The van der Waals surface area contributed by atoms with E-state index in [0.29, 0.717) is 0 Å². The summed E-state index contributed by atoms with van der Waals surface area (Å²) in [7, 11) is 0. The van der Waals surface area contributed by atoms with E-state index in [9.17, 15) is 0 Å². The van der Waals surface area contributed by atoms with Crippen molar-refractivity contribution >= 4 is 33.0 Å². The lowest BCUT2D eigenvalue weighted by Crippen LogP contribution is -2.33. The molecule has 0 saturated carbocycles. The molecular weight excluding hydrogens is 396 g/mol. The van der Waals surface area contributed by atoms with Crippen molar-refractivity contribution in [3.05, 3.63) is 86.5 Å². The number of hydrogen-bond acceptors (Lipinski definition) is 4. The first kappa shape index (κ1) is 15.2. The largest absolute Gasteiger partial charge is 0.464 e. The van der Waals surface area contributed by atoms with Crippen LogP contribution < -0.4 is 4.74 Å². The Balaban J connectivity index is 1.63. The van der Waals surface area contributed by atoms with E-state index in [1.54, 1.807) is 11.3 Å². The number of fused-ring (bicyclic) bond motifs is 3. The maximum atomic E-state index is 6.37. The smallest absolute Gasteiger partial charge is 0.214 e. The van der Waals surface area contributed by atoms with Gasteiger partial charge in [-0.05, 0) is 23.6 Å². The van der Waals surface area contributed by atoms with Gasteiger partial charge in [-0.1, -0.05) is 58.4 Å². The third-order valence-corrected chi connectivity index (χ3v) is 6.32. The number of para-hydroxylation sites is 1. The molecule has 1 aromatic heterocycles. The van der Waals surface area contributed by atoms with Gasteiger partial charge in [-0.15, -0.1) is 11.3 Å². The molecule has 3 nitrogen and oxygen atoms in total. The van der Waals surface area contributed by atoms with Crippen molar-refractivity contribution in [1.82, 2.24) is 5.01 Å². The second-order valence-corrected chi connectivity index (χ2v) is 7.96. The van der Waals surface area contributed by atoms with Crippen LogP contribution in [0.1, 0.15) is 34.7 Å². The number of benzene rings is 2. The van der Waals surface area contributed by atoms with Gasteiger partial charge in [0.1, 0.15) is 5.75 Å². The van der Waals surface area contributed by atoms with E-state index in [0.717, 1.165) is 27.9 Å². The van der Waals surface area contributed by atoms with Gasteiger partial charge >= 0.3 is 0 Å². The van der Waals surface area contributed by atoms with Gasteiger partial charge in [-0.25, -0.2) is 5.01 Å². The summed E-state index contributed by atoms with van der Waals surface area (Å²) in [6.45, 7) is 0. The van der Waals surface area contributed by atoms with Crippen molar-refractivity contribution in [2.75, 3.05) is 0 Å². The zero-order chi connectivity index (χ0) is 16.8. The summed E-state index contributed by atoms with van der Waals surface area (Å²) in [6, 6.07) is 20.9. The molecule has 124 valence electrons. The monoisotopic (exact) mass is 410 g/mol. The Hall–Kier alpha value is -2.11. The predicted octanol–water partition coefficient (Wildman–Crippen LogP) is 5.75. The fraction of sp³-hybridized carbons (Fsp3) is 0.150. The Kier molecular flexibility index (Phi) is 3.64. The molecule has 0 radical (unpaired) electrons. The van der Waals surface area contributed by atoms with E-state index in [4.69, 9.17) is 9.84 Å². The number of hydrogen-bond donors (Lipinski definition) is 0. The average Bonchev–Trinajstić information content (AvgIpc) is 3.31. The van der Waals surface area contributed by atoms with Crippen LogP contribution in [0, 0.1) is 0 Å². The molecular formula is C20H15BrN2OS. The number of halogens is 1. The molecule has 0 saturated heterocycles. The molecule has 25 heavy (non-hydrogen) atoms. The number of nitrogens with zero attached hydrogens (tertiary/aromatic N) is 2. The van der Waals surface area contributed by atoms with Crippen molar-refractivity contribution in [3.8, 4) is 5.75 Å². The first-order chi connectivity index (χ1) is 12.3. The van der Waals surface area contributed by atoms with Crippen LogP contribution in [0.2, 0.25) is 0 Å². The zero-order valence-corrected chi connectivity index (χ0v) is 15.7. The molecule has 2 aromatic carbocycles. The Labute approximate surface area is 158 Å². The molecule has 0 amide bonds. The van der Waals surface area contributed by atoms with E-state index in [2.05, 4.69) is 62.7 Å². The quantitative estimate of drug-likeness (QED) is 0.536. The first-order valence-corrected chi connectivity index (χ1v) is 9.88. The number of ether oxygens (including phenoxy) is 1. The fourth-order valence-electron chi connectivity index (χ4n) is 3.51. The van der Waals surface area contributed by atoms with Crippen molar-refractivity contribution in [3.63, 3.8) is 0 Å². The molecule has 3 heterocycles. The van der Waals surface area contributed by atoms with Crippen LogP contribution in [0.5, 0.6) is 5.75 Å². The molecule has 2 aliphatic heterocycles. The van der Waals surface area contributed by atoms with Crippen molar-refractivity contribution < 1.29 is 4.74 Å². The highest BCUT2D eigenvalue weighted by Gasteiger charge is 2.41. The van der Waals surface area contributed by atoms with Gasteiger partial charge in [0.05, 0.1) is 16.6 Å². The topological polar surface area (TPSA) is 24.8 Å². The summed E-state index contributed by atoms with van der Waals surface area (Å²) in [5, 5.41) is 9.19. The van der Waals surface area contributed by atoms with Gasteiger partial charge in [-0.3, -0.25) is 0 Å². The van der Waals surface area contributed by atoms with Crippen molar-refractivity contribution in [2.24, 2.45) is 5.10 Å². The molecule has 0 unspecified atom stereocenters. The van der Waals surface area contributed by atoms with Gasteiger partial charge < -0.3 is 4.74 Å². The Morgan fingerprint density at radius 3 is 2.60 bits per heavy atom. The average molecular weight is 411 g/mol. The highest BCUT2D eigenvalue weighted by molar-refractivity contribution is 9.10. The highest BCUT2D eigenvalue weighted by atomic mass is 79.9. The summed E-state index contributed by atoms with van der Waals surface area (Å²) in [5.41, 5.74) is 3.44. The third kappa shape index (κ3) is 2.50. The lowest BCUT2D eigenvalue weighted by Gasteiger charge is -2.38. The lowest BCUT2D eigenvalue weighted by atomic mass is 9.98. The summed E-state index contributed by atoms with van der Waals surface area (Å²) in [6.07, 6.45) is 0.676. The minimum absolute atomic E-state index is 0.208. The second kappa shape index (κ2) is 6.00. The molecule has 2 aliphatic rings. The second-order valence-electron chi connectivity index (χ2n) is 6.15. The van der Waals surface area contributed by atoms with Crippen LogP contribution in [-0.2, 0) is 0 Å². The van der Waals surface area contributed by atoms with E-state index >= 15 is 0 Å². The zero-order valence-electron chi connectivity index (χ0n) is 13.3. The third-order valence-electron chi connectivity index (χ3n) is 4.68. The molecule has 0 fully saturated rings. The van der Waals surface area contributed by atoms with E-state index in [-0.39, 0.29) is 12.3 Å². The minimum Gasteiger partial charge on any atom is -0.464 e. The minimum atomic E-state index is -0.229. The molecule has 0 bridgehead atoms. The maximum absolute atomic E-state index is 6.37. The van der Waals surface area contributed by atoms with Crippen LogP contribution in [0.3, 0.4) is 0 Å². The Morgan fingerprint density at radius 1 is 1.00 bits per heavy atom. The molecule has 5 rings (SSSR count). The standard InChI is InChI=1S/C20H15BrN2OS/c21-15-8-3-1-6-13(15)20-23-17(14-7-2-4-9-18(14)24-20)12-16(22-23)19-10-5-11-25-19/h1-11,17,20H,12H2/t17-,20-/m0/s1. The molecule has 0 aliphatic carbocycles. The summed E-state index contributed by atoms with van der Waals surface area (Å²) in [4.78, 5) is 1.23. The van der Waals surface area contributed by atoms with Crippen LogP contribution in [0.15, 0.2) is 75.6 Å². The first-order valence-electron chi connectivity index (χ1n) is 8.21. The van der Waals surface area contributed by atoms with Crippen molar-refractivity contribution in [1.29, 1.82) is 0 Å². The summed E-state index contributed by atoms with van der Waals surface area (Å²) in [5.74, 6) is 0.951. The van der Waals surface area contributed by atoms with Gasteiger partial charge in [0.15, 0.2) is 0 Å². The molecule has 3 aromatic rings. The summed E-state index contributed by atoms with van der Waals surface area (Å²) >= 11 is 5.41. The van der Waals surface area contributed by atoms with Crippen molar-refractivity contribution in [2.45, 2.75) is 18.7 Å². The van der Waals surface area contributed by atoms with Crippen LogP contribution >= 0.6 is 27.3 Å². The van der Waals surface area contributed by atoms with Crippen LogP contribution in [-0.4, -0.2) is 10.7 Å². The normalized spacial score (nSPS) is 21.3. The Bertz CT molecular complexity index is 954. The maximum Gasteiger partial charge on any atom is 0.214 e. The van der Waals surface area contributed by atoms with Gasteiger partial charge in [0.25, 0.3) is 0 Å². The molecule has 5 heteroatoms. The van der Waals surface area contributed by atoms with E-state index in [1.165, 1.54) is 10.4 Å². The molecule has 0 spiro atoms. The van der Waals surface area contributed by atoms with E-state index in [1.807, 2.05) is 24.3 Å².